The lowest BCUT2D eigenvalue weighted by molar-refractivity contribution is 0.394. The minimum Gasteiger partial charge on any atom is -0.362 e. The first-order valence-corrected chi connectivity index (χ1v) is 6.55. The van der Waals surface area contributed by atoms with E-state index in [-0.39, 0.29) is 11.7 Å². The van der Waals surface area contributed by atoms with Crippen LogP contribution in [0.25, 0.3) is 11.2 Å². The number of halogens is 2. The summed E-state index contributed by atoms with van der Waals surface area (Å²) in [6.45, 7) is 1.03. The van der Waals surface area contributed by atoms with E-state index >= 15 is 0 Å². The molecular formula is C14H11F2N5. The molecule has 1 aliphatic rings. The lowest BCUT2D eigenvalue weighted by Crippen LogP contribution is -2.48. The van der Waals surface area contributed by atoms with E-state index in [4.69, 9.17) is 0 Å². The van der Waals surface area contributed by atoms with Gasteiger partial charge >= 0.3 is 0 Å². The van der Waals surface area contributed by atoms with Gasteiger partial charge in [-0.1, -0.05) is 0 Å². The van der Waals surface area contributed by atoms with Crippen molar-refractivity contribution in [3.63, 3.8) is 0 Å². The maximum atomic E-state index is 13.7. The lowest BCUT2D eigenvalue weighted by Gasteiger charge is -2.41. The maximum Gasteiger partial charge on any atom is 0.167 e. The number of hydrogen-bond donors (Lipinski definition) is 0. The van der Waals surface area contributed by atoms with Crippen LogP contribution in [0.3, 0.4) is 0 Å². The van der Waals surface area contributed by atoms with Gasteiger partial charge in [-0.05, 0) is 12.1 Å². The highest BCUT2D eigenvalue weighted by molar-refractivity contribution is 5.70. The fraction of sp³-hybridized carbons (Fsp3) is 0.214. The van der Waals surface area contributed by atoms with E-state index in [9.17, 15) is 8.78 Å². The molecule has 106 valence electrons. The SMILES string of the molecule is Fc1cncc(F)c1N1CC(n2cnc3cccnc32)C1. The molecule has 4 rings (SSSR count). The Morgan fingerprint density at radius 3 is 2.62 bits per heavy atom. The molecule has 0 spiro atoms. The van der Waals surface area contributed by atoms with E-state index in [1.54, 1.807) is 17.4 Å². The number of anilines is 1. The molecule has 3 aromatic heterocycles. The predicted octanol–water partition coefficient (Wildman–Crippen LogP) is 2.17. The normalized spacial score (nSPS) is 15.4. The molecule has 4 heterocycles. The molecule has 0 atom stereocenters. The summed E-state index contributed by atoms with van der Waals surface area (Å²) >= 11 is 0. The Bertz CT molecular complexity index is 790. The standard InChI is InChI=1S/C14H11F2N5/c15-10-4-17-5-11(16)13(10)20-6-9(7-20)21-8-19-12-2-1-3-18-14(12)21/h1-5,8-9H,6-7H2. The molecule has 1 saturated heterocycles. The molecule has 1 fully saturated rings. The third-order valence-electron chi connectivity index (χ3n) is 3.73. The Balaban J connectivity index is 1.60. The van der Waals surface area contributed by atoms with Crippen molar-refractivity contribution in [2.75, 3.05) is 18.0 Å². The fourth-order valence-electron chi connectivity index (χ4n) is 2.65. The van der Waals surface area contributed by atoms with E-state index in [1.165, 1.54) is 0 Å². The van der Waals surface area contributed by atoms with Crippen molar-refractivity contribution in [3.05, 3.63) is 48.7 Å². The predicted molar refractivity (Wildman–Crippen MR) is 72.9 cm³/mol. The number of pyridine rings is 2. The van der Waals surface area contributed by atoms with Gasteiger partial charge in [0.2, 0.25) is 0 Å². The van der Waals surface area contributed by atoms with Crippen molar-refractivity contribution in [2.45, 2.75) is 6.04 Å². The second kappa shape index (κ2) is 4.47. The van der Waals surface area contributed by atoms with Crippen LogP contribution < -0.4 is 4.90 Å². The third kappa shape index (κ3) is 1.84. The average Bonchev–Trinajstić information content (AvgIpc) is 2.84. The molecule has 0 bridgehead atoms. The molecule has 0 amide bonds. The second-order valence-electron chi connectivity index (χ2n) is 5.01. The van der Waals surface area contributed by atoms with Gasteiger partial charge in [0.25, 0.3) is 0 Å². The van der Waals surface area contributed by atoms with Gasteiger partial charge < -0.3 is 9.47 Å². The van der Waals surface area contributed by atoms with Gasteiger partial charge in [-0.15, -0.1) is 0 Å². The largest absolute Gasteiger partial charge is 0.362 e. The monoisotopic (exact) mass is 287 g/mol. The van der Waals surface area contributed by atoms with Gasteiger partial charge in [-0.25, -0.2) is 18.7 Å². The maximum absolute atomic E-state index is 13.7. The highest BCUT2D eigenvalue weighted by atomic mass is 19.1. The summed E-state index contributed by atoms with van der Waals surface area (Å²) in [5.41, 5.74) is 1.59. The fourth-order valence-corrected chi connectivity index (χ4v) is 2.65. The van der Waals surface area contributed by atoms with Crippen LogP contribution in [0.1, 0.15) is 6.04 Å². The van der Waals surface area contributed by atoms with Crippen LogP contribution in [-0.2, 0) is 0 Å². The first-order chi connectivity index (χ1) is 10.2. The van der Waals surface area contributed by atoms with Crippen molar-refractivity contribution in [1.29, 1.82) is 0 Å². The number of nitrogens with zero attached hydrogens (tertiary/aromatic N) is 5. The molecule has 3 aromatic rings. The van der Waals surface area contributed by atoms with Crippen LogP contribution >= 0.6 is 0 Å². The highest BCUT2D eigenvalue weighted by Crippen LogP contribution is 2.32. The van der Waals surface area contributed by atoms with Crippen molar-refractivity contribution in [1.82, 2.24) is 19.5 Å². The molecule has 21 heavy (non-hydrogen) atoms. The summed E-state index contributed by atoms with van der Waals surface area (Å²) in [6, 6.07) is 3.82. The second-order valence-corrected chi connectivity index (χ2v) is 5.01. The molecule has 0 radical (unpaired) electrons. The Morgan fingerprint density at radius 1 is 1.10 bits per heavy atom. The molecule has 0 aromatic carbocycles. The number of aromatic nitrogens is 4. The van der Waals surface area contributed by atoms with Crippen LogP contribution in [-0.4, -0.2) is 32.6 Å². The van der Waals surface area contributed by atoms with Gasteiger partial charge in [-0.3, -0.25) is 4.98 Å². The van der Waals surface area contributed by atoms with Gasteiger partial charge in [-0.2, -0.15) is 0 Å². The number of imidazole rings is 1. The van der Waals surface area contributed by atoms with Gasteiger partial charge in [0.1, 0.15) is 11.2 Å². The molecule has 1 aliphatic heterocycles. The molecule has 0 unspecified atom stereocenters. The van der Waals surface area contributed by atoms with E-state index < -0.39 is 11.6 Å². The Morgan fingerprint density at radius 2 is 1.86 bits per heavy atom. The zero-order valence-corrected chi connectivity index (χ0v) is 10.9. The Kier molecular flexibility index (Phi) is 2.60. The van der Waals surface area contributed by atoms with Crippen molar-refractivity contribution < 1.29 is 8.78 Å². The minimum atomic E-state index is -0.637. The van der Waals surface area contributed by atoms with E-state index in [2.05, 4.69) is 15.0 Å². The van der Waals surface area contributed by atoms with E-state index in [1.807, 2.05) is 16.7 Å². The van der Waals surface area contributed by atoms with E-state index in [0.717, 1.165) is 23.6 Å². The minimum absolute atomic E-state index is 0.0152. The number of rotatable bonds is 2. The van der Waals surface area contributed by atoms with Gasteiger partial charge in [0.05, 0.1) is 24.8 Å². The molecule has 7 heteroatoms. The summed E-state index contributed by atoms with van der Waals surface area (Å²) in [4.78, 5) is 13.7. The number of fused-ring (bicyclic) bond motifs is 1. The van der Waals surface area contributed by atoms with E-state index in [0.29, 0.717) is 13.1 Å². The molecular weight excluding hydrogens is 276 g/mol. The Hall–Kier alpha value is -2.57. The summed E-state index contributed by atoms with van der Waals surface area (Å²) in [7, 11) is 0. The van der Waals surface area contributed by atoms with Crippen LogP contribution in [0.4, 0.5) is 14.5 Å². The van der Waals surface area contributed by atoms with Crippen LogP contribution in [0, 0.1) is 11.6 Å². The summed E-state index contributed by atoms with van der Waals surface area (Å²) < 4.78 is 29.3. The molecule has 5 nitrogen and oxygen atoms in total. The average molecular weight is 287 g/mol. The third-order valence-corrected chi connectivity index (χ3v) is 3.73. The lowest BCUT2D eigenvalue weighted by atomic mass is 10.1. The topological polar surface area (TPSA) is 46.8 Å². The van der Waals surface area contributed by atoms with Gasteiger partial charge in [0.15, 0.2) is 17.3 Å². The smallest absolute Gasteiger partial charge is 0.167 e. The molecule has 0 N–H and O–H groups in total. The summed E-state index contributed by atoms with van der Waals surface area (Å²) in [6.07, 6.45) is 5.48. The summed E-state index contributed by atoms with van der Waals surface area (Å²) in [5, 5.41) is 0. The first kappa shape index (κ1) is 12.2. The van der Waals surface area contributed by atoms with Crippen LogP contribution in [0.5, 0.6) is 0 Å². The zero-order valence-electron chi connectivity index (χ0n) is 10.9. The molecule has 0 aliphatic carbocycles. The number of hydrogen-bond acceptors (Lipinski definition) is 4. The first-order valence-electron chi connectivity index (χ1n) is 6.55. The van der Waals surface area contributed by atoms with Crippen LogP contribution in [0.2, 0.25) is 0 Å². The van der Waals surface area contributed by atoms with Gasteiger partial charge in [0, 0.05) is 19.3 Å². The van der Waals surface area contributed by atoms with Crippen molar-refractivity contribution >= 4 is 16.9 Å². The van der Waals surface area contributed by atoms with Crippen LogP contribution in [0.15, 0.2) is 37.1 Å². The highest BCUT2D eigenvalue weighted by Gasteiger charge is 2.32. The van der Waals surface area contributed by atoms with Crippen molar-refractivity contribution in [2.24, 2.45) is 0 Å². The molecule has 0 saturated carbocycles. The van der Waals surface area contributed by atoms with Crippen molar-refractivity contribution in [3.8, 4) is 0 Å². The summed E-state index contributed by atoms with van der Waals surface area (Å²) in [5.74, 6) is -1.27. The quantitative estimate of drug-likeness (QED) is 0.724. The Labute approximate surface area is 118 Å². The zero-order chi connectivity index (χ0) is 14.4.